The molecule has 0 radical (unpaired) electrons. The number of thiophene rings is 1. The molecule has 5 nitrogen and oxygen atoms in total. The van der Waals surface area contributed by atoms with E-state index in [1.807, 2.05) is 19.3 Å². The third kappa shape index (κ3) is 1.95. The van der Waals surface area contributed by atoms with Crippen molar-refractivity contribution in [3.8, 4) is 0 Å². The van der Waals surface area contributed by atoms with Gasteiger partial charge < -0.3 is 5.32 Å². The number of nitrogens with zero attached hydrogens (tertiary/aromatic N) is 4. The number of rotatable bonds is 3. The molecule has 0 aliphatic heterocycles. The maximum atomic E-state index is 4.33. The Morgan fingerprint density at radius 1 is 1.39 bits per heavy atom. The van der Waals surface area contributed by atoms with Gasteiger partial charge in [0, 0.05) is 13.2 Å². The number of hydrogen-bond donors (Lipinski definition) is 1. The van der Waals surface area contributed by atoms with E-state index in [1.165, 1.54) is 5.56 Å². The van der Waals surface area contributed by atoms with Crippen molar-refractivity contribution < 1.29 is 0 Å². The predicted molar refractivity (Wildman–Crippen MR) is 72.7 cm³/mol. The van der Waals surface area contributed by atoms with E-state index in [0.717, 1.165) is 21.7 Å². The molecule has 3 aromatic heterocycles. The van der Waals surface area contributed by atoms with Gasteiger partial charge in [0.15, 0.2) is 0 Å². The maximum absolute atomic E-state index is 4.33. The average Bonchev–Trinajstić information content (AvgIpc) is 2.94. The zero-order valence-electron chi connectivity index (χ0n) is 10.2. The highest BCUT2D eigenvalue weighted by Crippen LogP contribution is 2.28. The summed E-state index contributed by atoms with van der Waals surface area (Å²) in [5.41, 5.74) is 3.22. The van der Waals surface area contributed by atoms with E-state index in [4.69, 9.17) is 0 Å². The van der Waals surface area contributed by atoms with Crippen molar-refractivity contribution in [1.29, 1.82) is 0 Å². The summed E-state index contributed by atoms with van der Waals surface area (Å²) in [6.07, 6.45) is 3.53. The zero-order chi connectivity index (χ0) is 12.5. The molecule has 0 bridgehead atoms. The topological polar surface area (TPSA) is 55.6 Å². The van der Waals surface area contributed by atoms with Crippen LogP contribution < -0.4 is 5.32 Å². The minimum atomic E-state index is 0.671. The smallest absolute Gasteiger partial charge is 0.147 e. The Hall–Kier alpha value is -1.95. The first kappa shape index (κ1) is 11.2. The van der Waals surface area contributed by atoms with Crippen LogP contribution in [-0.2, 0) is 13.6 Å². The van der Waals surface area contributed by atoms with Gasteiger partial charge in [-0.25, -0.2) is 9.97 Å². The van der Waals surface area contributed by atoms with Gasteiger partial charge in [0.25, 0.3) is 0 Å². The number of aromatic nitrogens is 4. The van der Waals surface area contributed by atoms with Gasteiger partial charge in [0.1, 0.15) is 12.1 Å². The van der Waals surface area contributed by atoms with Gasteiger partial charge in [-0.1, -0.05) is 0 Å². The molecule has 0 fully saturated rings. The van der Waals surface area contributed by atoms with Crippen LogP contribution in [0, 0.1) is 6.92 Å². The second-order valence-corrected chi connectivity index (χ2v) is 5.03. The first-order chi connectivity index (χ1) is 8.74. The van der Waals surface area contributed by atoms with Crippen molar-refractivity contribution in [2.75, 3.05) is 5.32 Å². The van der Waals surface area contributed by atoms with Crippen LogP contribution in [0.25, 0.3) is 10.2 Å². The first-order valence-corrected chi connectivity index (χ1v) is 6.53. The van der Waals surface area contributed by atoms with Crippen molar-refractivity contribution in [2.45, 2.75) is 13.5 Å². The van der Waals surface area contributed by atoms with Crippen LogP contribution in [0.15, 0.2) is 24.0 Å². The first-order valence-electron chi connectivity index (χ1n) is 5.65. The molecular formula is C12H13N5S. The zero-order valence-corrected chi connectivity index (χ0v) is 11.0. The standard InChI is InChI=1S/C12H13N5S/c1-8-6-18-11-10(8)14-7-15-12(11)13-5-9-3-4-17(2)16-9/h3-4,6-7H,5H2,1-2H3,(H,13,14,15). The lowest BCUT2D eigenvalue weighted by Crippen LogP contribution is -2.03. The third-order valence-corrected chi connectivity index (χ3v) is 3.83. The van der Waals surface area contributed by atoms with Gasteiger partial charge in [-0.3, -0.25) is 4.68 Å². The Bertz CT molecular complexity index is 685. The van der Waals surface area contributed by atoms with E-state index in [-0.39, 0.29) is 0 Å². The van der Waals surface area contributed by atoms with Gasteiger partial charge in [0.05, 0.1) is 22.5 Å². The normalized spacial score (nSPS) is 11.0. The molecule has 92 valence electrons. The van der Waals surface area contributed by atoms with Crippen LogP contribution in [-0.4, -0.2) is 19.7 Å². The molecule has 6 heteroatoms. The van der Waals surface area contributed by atoms with Crippen LogP contribution in [0.2, 0.25) is 0 Å². The fourth-order valence-corrected chi connectivity index (χ4v) is 2.80. The van der Waals surface area contributed by atoms with Crippen LogP contribution in [0.1, 0.15) is 11.3 Å². The minimum Gasteiger partial charge on any atom is -0.363 e. The molecule has 0 saturated carbocycles. The Balaban J connectivity index is 1.86. The van der Waals surface area contributed by atoms with Crippen molar-refractivity contribution >= 4 is 27.4 Å². The fraction of sp³-hybridized carbons (Fsp3) is 0.250. The number of hydrogen-bond acceptors (Lipinski definition) is 5. The molecule has 3 aromatic rings. The van der Waals surface area contributed by atoms with Gasteiger partial charge in [-0.05, 0) is 23.9 Å². The molecule has 18 heavy (non-hydrogen) atoms. The molecule has 0 aromatic carbocycles. The van der Waals surface area contributed by atoms with Crippen LogP contribution in [0.5, 0.6) is 0 Å². The second-order valence-electron chi connectivity index (χ2n) is 4.15. The lowest BCUT2D eigenvalue weighted by atomic mass is 10.3. The van der Waals surface area contributed by atoms with Gasteiger partial charge in [-0.15, -0.1) is 11.3 Å². The number of aryl methyl sites for hydroxylation is 2. The van der Waals surface area contributed by atoms with E-state index < -0.39 is 0 Å². The summed E-state index contributed by atoms with van der Waals surface area (Å²) in [5.74, 6) is 0.878. The molecule has 3 heterocycles. The van der Waals surface area contributed by atoms with Gasteiger partial charge >= 0.3 is 0 Å². The summed E-state index contributed by atoms with van der Waals surface area (Å²) < 4.78 is 2.90. The molecule has 0 amide bonds. The Labute approximate surface area is 109 Å². The monoisotopic (exact) mass is 259 g/mol. The lowest BCUT2D eigenvalue weighted by Gasteiger charge is -2.04. The molecular weight excluding hydrogens is 246 g/mol. The molecule has 0 atom stereocenters. The Morgan fingerprint density at radius 3 is 3.06 bits per heavy atom. The van der Waals surface area contributed by atoms with E-state index in [0.29, 0.717) is 6.54 Å². The summed E-state index contributed by atoms with van der Waals surface area (Å²) in [6, 6.07) is 1.99. The molecule has 0 saturated heterocycles. The molecule has 0 spiro atoms. The maximum Gasteiger partial charge on any atom is 0.147 e. The highest BCUT2D eigenvalue weighted by Gasteiger charge is 2.08. The van der Waals surface area contributed by atoms with Crippen molar-refractivity contribution in [3.63, 3.8) is 0 Å². The average molecular weight is 259 g/mol. The highest BCUT2D eigenvalue weighted by atomic mass is 32.1. The molecule has 0 aliphatic rings. The summed E-state index contributed by atoms with van der Waals surface area (Å²) >= 11 is 1.67. The quantitative estimate of drug-likeness (QED) is 0.784. The minimum absolute atomic E-state index is 0.671. The number of anilines is 1. The SMILES string of the molecule is Cc1csc2c(NCc3ccn(C)n3)ncnc12. The van der Waals surface area contributed by atoms with Crippen molar-refractivity contribution in [2.24, 2.45) is 7.05 Å². The van der Waals surface area contributed by atoms with Crippen molar-refractivity contribution in [3.05, 3.63) is 35.2 Å². The summed E-state index contributed by atoms with van der Waals surface area (Å²) in [6.45, 7) is 2.73. The number of fused-ring (bicyclic) bond motifs is 1. The lowest BCUT2D eigenvalue weighted by molar-refractivity contribution is 0.747. The molecule has 1 N–H and O–H groups in total. The van der Waals surface area contributed by atoms with Crippen LogP contribution >= 0.6 is 11.3 Å². The summed E-state index contributed by atoms with van der Waals surface area (Å²) in [5, 5.41) is 9.74. The van der Waals surface area contributed by atoms with Crippen LogP contribution in [0.4, 0.5) is 5.82 Å². The van der Waals surface area contributed by atoms with Gasteiger partial charge in [0.2, 0.25) is 0 Å². The van der Waals surface area contributed by atoms with E-state index in [9.17, 15) is 0 Å². The van der Waals surface area contributed by atoms with Gasteiger partial charge in [-0.2, -0.15) is 5.10 Å². The second kappa shape index (κ2) is 4.38. The Morgan fingerprint density at radius 2 is 2.28 bits per heavy atom. The summed E-state index contributed by atoms with van der Waals surface area (Å²) in [7, 11) is 1.91. The number of nitrogens with one attached hydrogen (secondary N) is 1. The fourth-order valence-electron chi connectivity index (χ4n) is 1.83. The molecule has 3 rings (SSSR count). The Kier molecular flexibility index (Phi) is 2.71. The van der Waals surface area contributed by atoms with E-state index in [1.54, 1.807) is 22.3 Å². The third-order valence-electron chi connectivity index (χ3n) is 2.74. The van der Waals surface area contributed by atoms with E-state index >= 15 is 0 Å². The van der Waals surface area contributed by atoms with E-state index in [2.05, 4.69) is 32.7 Å². The largest absolute Gasteiger partial charge is 0.363 e. The molecule has 0 unspecified atom stereocenters. The molecule has 0 aliphatic carbocycles. The highest BCUT2D eigenvalue weighted by molar-refractivity contribution is 7.18. The predicted octanol–water partition coefficient (Wildman–Crippen LogP) is 2.35. The van der Waals surface area contributed by atoms with Crippen LogP contribution in [0.3, 0.4) is 0 Å². The summed E-state index contributed by atoms with van der Waals surface area (Å²) in [4.78, 5) is 8.60. The van der Waals surface area contributed by atoms with Crippen molar-refractivity contribution in [1.82, 2.24) is 19.7 Å².